The van der Waals surface area contributed by atoms with Crippen molar-refractivity contribution in [1.29, 1.82) is 0 Å². The zero-order valence-corrected chi connectivity index (χ0v) is 10.9. The lowest BCUT2D eigenvalue weighted by Gasteiger charge is -2.09. The molecule has 1 aromatic heterocycles. The largest absolute Gasteiger partial charge is 0.478 e. The van der Waals surface area contributed by atoms with E-state index in [0.717, 1.165) is 16.5 Å². The Morgan fingerprint density at radius 1 is 1.32 bits per heavy atom. The Bertz CT molecular complexity index is 625. The fraction of sp³-hybridized carbons (Fsp3) is 0.154. The number of hydrogen-bond donors (Lipinski definition) is 2. The van der Waals surface area contributed by atoms with Crippen LogP contribution in [0.3, 0.4) is 0 Å². The summed E-state index contributed by atoms with van der Waals surface area (Å²) in [6, 6.07) is 4.21. The molecule has 1 heterocycles. The maximum atomic E-state index is 13.7. The first-order valence-corrected chi connectivity index (χ1v) is 6.36. The molecule has 0 aliphatic carbocycles. The van der Waals surface area contributed by atoms with Crippen LogP contribution in [-0.4, -0.2) is 11.1 Å². The van der Waals surface area contributed by atoms with E-state index in [4.69, 9.17) is 5.11 Å². The summed E-state index contributed by atoms with van der Waals surface area (Å²) >= 11 is 1.51. The molecule has 2 rings (SSSR count). The standard InChI is InChI=1S/C13H11F2NO2S/c1-7-4-5-19-10(7)6-16-9-3-2-8(13(17)18)11(14)12(9)15/h2-5,16H,6H2,1H3,(H,17,18). The highest BCUT2D eigenvalue weighted by Crippen LogP contribution is 2.23. The number of anilines is 1. The molecule has 0 amide bonds. The summed E-state index contributed by atoms with van der Waals surface area (Å²) in [4.78, 5) is 11.7. The molecule has 100 valence electrons. The lowest BCUT2D eigenvalue weighted by atomic mass is 10.1. The van der Waals surface area contributed by atoms with E-state index in [0.29, 0.717) is 6.54 Å². The number of thiophene rings is 1. The number of halogens is 2. The lowest BCUT2D eigenvalue weighted by molar-refractivity contribution is 0.0690. The maximum Gasteiger partial charge on any atom is 0.338 e. The molecule has 0 unspecified atom stereocenters. The smallest absolute Gasteiger partial charge is 0.338 e. The van der Waals surface area contributed by atoms with Crippen molar-refractivity contribution in [2.24, 2.45) is 0 Å². The van der Waals surface area contributed by atoms with Gasteiger partial charge in [-0.25, -0.2) is 13.6 Å². The van der Waals surface area contributed by atoms with Crippen LogP contribution in [0.15, 0.2) is 23.6 Å². The van der Waals surface area contributed by atoms with Crippen LogP contribution in [0.1, 0.15) is 20.8 Å². The highest BCUT2D eigenvalue weighted by molar-refractivity contribution is 7.10. The number of benzene rings is 1. The predicted molar refractivity (Wildman–Crippen MR) is 69.7 cm³/mol. The van der Waals surface area contributed by atoms with E-state index in [9.17, 15) is 13.6 Å². The minimum atomic E-state index is -1.49. The third kappa shape index (κ3) is 2.73. The molecule has 2 N–H and O–H groups in total. The molecule has 0 bridgehead atoms. The number of carbonyl (C=O) groups is 1. The number of hydrogen-bond acceptors (Lipinski definition) is 3. The molecule has 19 heavy (non-hydrogen) atoms. The fourth-order valence-corrected chi connectivity index (χ4v) is 2.46. The molecular formula is C13H11F2NO2S. The van der Waals surface area contributed by atoms with E-state index in [1.165, 1.54) is 17.4 Å². The first kappa shape index (κ1) is 13.5. The third-order valence-corrected chi connectivity index (χ3v) is 3.74. The molecule has 0 spiro atoms. The summed E-state index contributed by atoms with van der Waals surface area (Å²) in [6.07, 6.45) is 0. The second kappa shape index (κ2) is 5.36. The van der Waals surface area contributed by atoms with Crippen LogP contribution in [0.5, 0.6) is 0 Å². The average Bonchev–Trinajstić information content (AvgIpc) is 2.76. The van der Waals surface area contributed by atoms with E-state index in [1.807, 2.05) is 18.4 Å². The Labute approximate surface area is 112 Å². The van der Waals surface area contributed by atoms with Crippen molar-refractivity contribution in [2.45, 2.75) is 13.5 Å². The van der Waals surface area contributed by atoms with Crippen LogP contribution in [-0.2, 0) is 6.54 Å². The number of aryl methyl sites for hydroxylation is 1. The van der Waals surface area contributed by atoms with Gasteiger partial charge >= 0.3 is 5.97 Å². The van der Waals surface area contributed by atoms with Gasteiger partial charge in [-0.1, -0.05) is 0 Å². The van der Waals surface area contributed by atoms with E-state index in [1.54, 1.807) is 0 Å². The summed E-state index contributed by atoms with van der Waals surface area (Å²) < 4.78 is 27.1. The Balaban J connectivity index is 2.20. The summed E-state index contributed by atoms with van der Waals surface area (Å²) in [5.41, 5.74) is 0.353. The minimum absolute atomic E-state index is 0.0460. The topological polar surface area (TPSA) is 49.3 Å². The van der Waals surface area contributed by atoms with Gasteiger partial charge in [0.1, 0.15) is 0 Å². The van der Waals surface area contributed by atoms with E-state index < -0.39 is 23.2 Å². The van der Waals surface area contributed by atoms with Crippen LogP contribution in [0.4, 0.5) is 14.5 Å². The second-order valence-corrected chi connectivity index (χ2v) is 4.97. The number of nitrogens with one attached hydrogen (secondary N) is 1. The second-order valence-electron chi connectivity index (χ2n) is 3.97. The Morgan fingerprint density at radius 2 is 2.05 bits per heavy atom. The molecule has 0 saturated carbocycles. The zero-order valence-electron chi connectivity index (χ0n) is 10.0. The van der Waals surface area contributed by atoms with Crippen LogP contribution in [0.25, 0.3) is 0 Å². The quantitative estimate of drug-likeness (QED) is 0.900. The van der Waals surface area contributed by atoms with E-state index in [-0.39, 0.29) is 5.69 Å². The minimum Gasteiger partial charge on any atom is -0.478 e. The lowest BCUT2D eigenvalue weighted by Crippen LogP contribution is -2.07. The Morgan fingerprint density at radius 3 is 2.63 bits per heavy atom. The predicted octanol–water partition coefficient (Wildman–Crippen LogP) is 3.65. The Kier molecular flexibility index (Phi) is 3.80. The van der Waals surface area contributed by atoms with Crippen molar-refractivity contribution >= 4 is 23.0 Å². The van der Waals surface area contributed by atoms with Crippen molar-refractivity contribution in [3.05, 3.63) is 51.2 Å². The molecule has 0 aliphatic heterocycles. The fourth-order valence-electron chi connectivity index (χ4n) is 1.61. The van der Waals surface area contributed by atoms with Gasteiger partial charge in [-0.05, 0) is 36.1 Å². The van der Waals surface area contributed by atoms with E-state index in [2.05, 4.69) is 5.32 Å². The van der Waals surface area contributed by atoms with Gasteiger partial charge in [-0.15, -0.1) is 11.3 Å². The van der Waals surface area contributed by atoms with Crippen LogP contribution in [0, 0.1) is 18.6 Å². The number of carboxylic acid groups (broad SMARTS) is 1. The molecule has 0 aliphatic rings. The van der Waals surface area contributed by atoms with Crippen LogP contribution in [0.2, 0.25) is 0 Å². The molecule has 0 fully saturated rings. The van der Waals surface area contributed by atoms with Gasteiger partial charge in [0.15, 0.2) is 11.6 Å². The van der Waals surface area contributed by atoms with Crippen LogP contribution < -0.4 is 5.32 Å². The highest BCUT2D eigenvalue weighted by Gasteiger charge is 2.17. The van der Waals surface area contributed by atoms with E-state index >= 15 is 0 Å². The maximum absolute atomic E-state index is 13.7. The average molecular weight is 283 g/mol. The molecule has 3 nitrogen and oxygen atoms in total. The van der Waals surface area contributed by atoms with Crippen molar-refractivity contribution < 1.29 is 18.7 Å². The van der Waals surface area contributed by atoms with Gasteiger partial charge in [0.2, 0.25) is 0 Å². The van der Waals surface area contributed by atoms with Crippen molar-refractivity contribution in [3.63, 3.8) is 0 Å². The SMILES string of the molecule is Cc1ccsc1CNc1ccc(C(=O)O)c(F)c1F. The molecule has 0 atom stereocenters. The van der Waals surface area contributed by atoms with Crippen molar-refractivity contribution in [3.8, 4) is 0 Å². The molecule has 1 aromatic carbocycles. The monoisotopic (exact) mass is 283 g/mol. The number of carboxylic acids is 1. The van der Waals surface area contributed by atoms with Gasteiger partial charge in [-0.3, -0.25) is 0 Å². The van der Waals surface area contributed by atoms with Crippen LogP contribution >= 0.6 is 11.3 Å². The first-order chi connectivity index (χ1) is 9.00. The zero-order chi connectivity index (χ0) is 14.0. The first-order valence-electron chi connectivity index (χ1n) is 5.49. The van der Waals surface area contributed by atoms with Gasteiger partial charge < -0.3 is 10.4 Å². The van der Waals surface area contributed by atoms with Gasteiger partial charge in [0, 0.05) is 11.4 Å². The summed E-state index contributed by atoms with van der Waals surface area (Å²) in [5.74, 6) is -4.01. The molecule has 0 saturated heterocycles. The molecule has 0 radical (unpaired) electrons. The van der Waals surface area contributed by atoms with Gasteiger partial charge in [0.25, 0.3) is 0 Å². The molecular weight excluding hydrogens is 272 g/mol. The molecule has 6 heteroatoms. The third-order valence-electron chi connectivity index (χ3n) is 2.72. The normalized spacial score (nSPS) is 10.5. The van der Waals surface area contributed by atoms with Crippen molar-refractivity contribution in [2.75, 3.05) is 5.32 Å². The highest BCUT2D eigenvalue weighted by atomic mass is 32.1. The Hall–Kier alpha value is -1.95. The summed E-state index contributed by atoms with van der Waals surface area (Å²) in [5, 5.41) is 13.4. The van der Waals surface area contributed by atoms with Gasteiger partial charge in [-0.2, -0.15) is 0 Å². The number of aromatic carboxylic acids is 1. The summed E-state index contributed by atoms with van der Waals surface area (Å²) in [6.45, 7) is 2.30. The molecule has 2 aromatic rings. The number of rotatable bonds is 4. The van der Waals surface area contributed by atoms with Crippen molar-refractivity contribution in [1.82, 2.24) is 0 Å². The van der Waals surface area contributed by atoms with Gasteiger partial charge in [0.05, 0.1) is 11.3 Å². The summed E-state index contributed by atoms with van der Waals surface area (Å²) in [7, 11) is 0.